The van der Waals surface area contributed by atoms with E-state index in [1.807, 2.05) is 60.7 Å². The van der Waals surface area contributed by atoms with Crippen molar-refractivity contribution in [3.63, 3.8) is 0 Å². The van der Waals surface area contributed by atoms with Crippen molar-refractivity contribution in [2.24, 2.45) is 0 Å². The predicted octanol–water partition coefficient (Wildman–Crippen LogP) is 3.27. The lowest BCUT2D eigenvalue weighted by Crippen LogP contribution is -2.58. The summed E-state index contributed by atoms with van der Waals surface area (Å²) in [7, 11) is 0. The number of rotatable bonds is 8. The maximum absolute atomic E-state index is 12.2. The Kier molecular flexibility index (Phi) is 7.42. The first-order valence-corrected chi connectivity index (χ1v) is 8.75. The van der Waals surface area contributed by atoms with Crippen LogP contribution in [0.15, 0.2) is 60.7 Å². The molecule has 27 heavy (non-hydrogen) atoms. The number of aliphatic hydroxyl groups excluding tert-OH is 1. The van der Waals surface area contributed by atoms with E-state index >= 15 is 0 Å². The summed E-state index contributed by atoms with van der Waals surface area (Å²) in [6, 6.07) is 18.9. The Bertz CT molecular complexity index is 755. The van der Waals surface area contributed by atoms with Crippen molar-refractivity contribution < 1.29 is 19.4 Å². The molecule has 0 aliphatic rings. The maximum Gasteiger partial charge on any atom is 0.408 e. The number of carbonyl (C=O) groups excluding carboxylic acids is 1. The van der Waals surface area contributed by atoms with Gasteiger partial charge in [0, 0.05) is 0 Å². The molecule has 2 aromatic rings. The van der Waals surface area contributed by atoms with Crippen LogP contribution in [0.25, 0.3) is 0 Å². The van der Waals surface area contributed by atoms with Crippen LogP contribution >= 0.6 is 0 Å². The molecule has 0 unspecified atom stereocenters. The zero-order chi connectivity index (χ0) is 19.7. The quantitative estimate of drug-likeness (QED) is 0.703. The van der Waals surface area contributed by atoms with Crippen LogP contribution in [-0.4, -0.2) is 28.9 Å². The molecule has 0 heterocycles. The van der Waals surface area contributed by atoms with Gasteiger partial charge in [-0.15, -0.1) is 6.42 Å². The van der Waals surface area contributed by atoms with Crippen LogP contribution in [0.4, 0.5) is 4.79 Å². The average molecular weight is 367 g/mol. The van der Waals surface area contributed by atoms with Crippen LogP contribution < -0.4 is 5.32 Å². The van der Waals surface area contributed by atoms with Crippen molar-refractivity contribution in [2.75, 3.05) is 0 Å². The van der Waals surface area contributed by atoms with Crippen molar-refractivity contribution >= 4 is 6.09 Å². The van der Waals surface area contributed by atoms with E-state index < -0.39 is 23.8 Å². The van der Waals surface area contributed by atoms with Crippen molar-refractivity contribution in [2.45, 2.75) is 44.8 Å². The Balaban J connectivity index is 2.00. The molecule has 1 amide bonds. The fourth-order valence-corrected chi connectivity index (χ4v) is 2.71. The standard InChI is InChI=1S/C22H25NO4/c1-4-22(3,23-21(25)27-16-19-13-9-6-10-14-19)20(17(2)24)26-15-18-11-7-5-8-12-18/h1,5-14,17,20,24H,15-16H2,2-3H3,(H,23,25)/t17-,20+,22-/m0/s1. The number of nitrogens with one attached hydrogen (secondary N) is 1. The Labute approximate surface area is 160 Å². The van der Waals surface area contributed by atoms with E-state index in [9.17, 15) is 9.90 Å². The molecule has 0 bridgehead atoms. The van der Waals surface area contributed by atoms with E-state index in [1.54, 1.807) is 13.8 Å². The Morgan fingerprint density at radius 1 is 1.11 bits per heavy atom. The molecule has 2 rings (SSSR count). The minimum Gasteiger partial charge on any atom is -0.445 e. The van der Waals surface area contributed by atoms with E-state index in [4.69, 9.17) is 15.9 Å². The number of hydrogen-bond acceptors (Lipinski definition) is 4. The summed E-state index contributed by atoms with van der Waals surface area (Å²) in [4.78, 5) is 12.2. The molecule has 0 aliphatic heterocycles. The zero-order valence-electron chi connectivity index (χ0n) is 15.6. The van der Waals surface area contributed by atoms with Crippen LogP contribution in [0, 0.1) is 12.3 Å². The Hall–Kier alpha value is -2.81. The van der Waals surface area contributed by atoms with Crippen LogP contribution in [0.5, 0.6) is 0 Å². The highest BCUT2D eigenvalue weighted by molar-refractivity contribution is 5.69. The summed E-state index contributed by atoms with van der Waals surface area (Å²) in [6.45, 7) is 3.58. The number of carbonyl (C=O) groups is 1. The van der Waals surface area contributed by atoms with Crippen LogP contribution in [0.1, 0.15) is 25.0 Å². The van der Waals surface area contributed by atoms with Gasteiger partial charge < -0.3 is 19.9 Å². The molecule has 2 aromatic carbocycles. The third kappa shape index (κ3) is 6.14. The van der Waals surface area contributed by atoms with Gasteiger partial charge in [-0.25, -0.2) is 4.79 Å². The first-order chi connectivity index (χ1) is 12.9. The lowest BCUT2D eigenvalue weighted by molar-refractivity contribution is -0.0693. The van der Waals surface area contributed by atoms with Gasteiger partial charge in [0.1, 0.15) is 18.2 Å². The van der Waals surface area contributed by atoms with E-state index in [-0.39, 0.29) is 13.2 Å². The van der Waals surface area contributed by atoms with Gasteiger partial charge in [0.05, 0.1) is 12.7 Å². The van der Waals surface area contributed by atoms with Gasteiger partial charge in [-0.05, 0) is 25.0 Å². The van der Waals surface area contributed by atoms with Gasteiger partial charge in [0.2, 0.25) is 0 Å². The van der Waals surface area contributed by atoms with Crippen LogP contribution in [0.2, 0.25) is 0 Å². The highest BCUT2D eigenvalue weighted by Crippen LogP contribution is 2.19. The number of alkyl carbamates (subject to hydrolysis) is 1. The number of ether oxygens (including phenoxy) is 2. The Morgan fingerprint density at radius 3 is 2.11 bits per heavy atom. The first-order valence-electron chi connectivity index (χ1n) is 8.75. The maximum atomic E-state index is 12.2. The van der Waals surface area contributed by atoms with Crippen molar-refractivity contribution in [3.05, 3.63) is 71.8 Å². The summed E-state index contributed by atoms with van der Waals surface area (Å²) in [5.41, 5.74) is 0.563. The highest BCUT2D eigenvalue weighted by atomic mass is 16.5. The largest absolute Gasteiger partial charge is 0.445 e. The van der Waals surface area contributed by atoms with Crippen LogP contribution in [-0.2, 0) is 22.7 Å². The van der Waals surface area contributed by atoms with E-state index in [0.29, 0.717) is 0 Å². The fourth-order valence-electron chi connectivity index (χ4n) is 2.71. The summed E-state index contributed by atoms with van der Waals surface area (Å²) >= 11 is 0. The van der Waals surface area contributed by atoms with E-state index in [0.717, 1.165) is 11.1 Å². The molecule has 0 aromatic heterocycles. The minimum atomic E-state index is -1.24. The fraction of sp³-hybridized carbons (Fsp3) is 0.318. The van der Waals surface area contributed by atoms with E-state index in [2.05, 4.69) is 11.2 Å². The van der Waals surface area contributed by atoms with Gasteiger partial charge in [0.25, 0.3) is 0 Å². The summed E-state index contributed by atoms with van der Waals surface area (Å²) in [5.74, 6) is 2.53. The monoisotopic (exact) mass is 367 g/mol. The van der Waals surface area contributed by atoms with Crippen molar-refractivity contribution in [3.8, 4) is 12.3 Å². The van der Waals surface area contributed by atoms with Gasteiger partial charge in [-0.3, -0.25) is 0 Å². The van der Waals surface area contributed by atoms with Crippen molar-refractivity contribution in [1.82, 2.24) is 5.32 Å². The van der Waals surface area contributed by atoms with Gasteiger partial charge in [-0.2, -0.15) is 0 Å². The Morgan fingerprint density at radius 2 is 1.63 bits per heavy atom. The molecule has 2 N–H and O–H groups in total. The molecule has 3 atom stereocenters. The molecule has 5 nitrogen and oxygen atoms in total. The van der Waals surface area contributed by atoms with Crippen molar-refractivity contribution in [1.29, 1.82) is 0 Å². The molecule has 5 heteroatoms. The molecule has 0 saturated carbocycles. The number of hydrogen-bond donors (Lipinski definition) is 2. The van der Waals surface area contributed by atoms with Crippen LogP contribution in [0.3, 0.4) is 0 Å². The topological polar surface area (TPSA) is 67.8 Å². The second-order valence-electron chi connectivity index (χ2n) is 6.49. The number of benzene rings is 2. The molecule has 0 spiro atoms. The first kappa shape index (κ1) is 20.5. The lowest BCUT2D eigenvalue weighted by atomic mass is 9.92. The number of terminal acetylenes is 1. The summed E-state index contributed by atoms with van der Waals surface area (Å²) in [5, 5.41) is 12.8. The normalized spacial score (nSPS) is 15.0. The second kappa shape index (κ2) is 9.77. The molecule has 0 saturated heterocycles. The molecule has 0 fully saturated rings. The highest BCUT2D eigenvalue weighted by Gasteiger charge is 2.38. The number of aliphatic hydroxyl groups is 1. The minimum absolute atomic E-state index is 0.123. The molecule has 142 valence electrons. The lowest BCUT2D eigenvalue weighted by Gasteiger charge is -2.35. The second-order valence-corrected chi connectivity index (χ2v) is 6.49. The van der Waals surface area contributed by atoms with Gasteiger partial charge in [0.15, 0.2) is 0 Å². The summed E-state index contributed by atoms with van der Waals surface area (Å²) in [6.07, 6.45) is 3.27. The SMILES string of the molecule is C#C[C@](C)(NC(=O)OCc1ccccc1)[C@H](OCc1ccccc1)[C@H](C)O. The zero-order valence-corrected chi connectivity index (χ0v) is 15.6. The average Bonchev–Trinajstić information content (AvgIpc) is 2.68. The third-order valence-electron chi connectivity index (χ3n) is 4.15. The van der Waals surface area contributed by atoms with Gasteiger partial charge in [-0.1, -0.05) is 66.6 Å². The predicted molar refractivity (Wildman–Crippen MR) is 104 cm³/mol. The van der Waals surface area contributed by atoms with Gasteiger partial charge >= 0.3 is 6.09 Å². The molecular weight excluding hydrogens is 342 g/mol. The molecule has 0 radical (unpaired) electrons. The summed E-state index contributed by atoms with van der Waals surface area (Å²) < 4.78 is 11.1. The van der Waals surface area contributed by atoms with E-state index in [1.165, 1.54) is 0 Å². The third-order valence-corrected chi connectivity index (χ3v) is 4.15. The molecular formula is C22H25NO4. The number of amides is 1. The smallest absolute Gasteiger partial charge is 0.408 e. The molecule has 0 aliphatic carbocycles.